The molecule has 0 bridgehead atoms. The summed E-state index contributed by atoms with van der Waals surface area (Å²) in [4.78, 5) is 26.2. The standard InChI is InChI=1S/C23H26N4O2/c1-16-10-17(2-3-24-16)23-21-12-20-15-27(5-4-26-6-8-29-9-7-26)22(28)13-18(20)11-19(21)14-25-23/h2-3,10-12H,4-9,13-15H2,1H3. The SMILES string of the molecule is Cc1cc(C2=NCc3cc4c(cc32)CN(CCN2CCOCC2)C(=O)C4)ccn1. The molecule has 2 aromatic rings. The van der Waals surface area contributed by atoms with E-state index in [1.54, 1.807) is 0 Å². The summed E-state index contributed by atoms with van der Waals surface area (Å²) in [7, 11) is 0. The predicted molar refractivity (Wildman–Crippen MR) is 111 cm³/mol. The first kappa shape index (κ1) is 18.5. The molecule has 0 radical (unpaired) electrons. The van der Waals surface area contributed by atoms with Crippen molar-refractivity contribution in [2.45, 2.75) is 26.4 Å². The smallest absolute Gasteiger partial charge is 0.227 e. The van der Waals surface area contributed by atoms with Crippen molar-refractivity contribution in [1.82, 2.24) is 14.8 Å². The highest BCUT2D eigenvalue weighted by Gasteiger charge is 2.27. The minimum atomic E-state index is 0.231. The molecule has 1 aromatic heterocycles. The number of aryl methyl sites for hydroxylation is 1. The third kappa shape index (κ3) is 3.70. The van der Waals surface area contributed by atoms with Crippen molar-refractivity contribution < 1.29 is 9.53 Å². The van der Waals surface area contributed by atoms with Crippen molar-refractivity contribution in [2.24, 2.45) is 4.99 Å². The molecule has 6 heteroatoms. The molecule has 29 heavy (non-hydrogen) atoms. The van der Waals surface area contributed by atoms with E-state index in [-0.39, 0.29) is 5.91 Å². The van der Waals surface area contributed by atoms with E-state index in [2.05, 4.69) is 28.1 Å². The van der Waals surface area contributed by atoms with E-state index in [1.807, 2.05) is 24.1 Å². The predicted octanol–water partition coefficient (Wildman–Crippen LogP) is 1.96. The lowest BCUT2D eigenvalue weighted by Crippen LogP contribution is -2.44. The van der Waals surface area contributed by atoms with E-state index in [0.29, 0.717) is 19.5 Å². The topological polar surface area (TPSA) is 58.0 Å². The molecule has 6 nitrogen and oxygen atoms in total. The highest BCUT2D eigenvalue weighted by Crippen LogP contribution is 2.30. The highest BCUT2D eigenvalue weighted by molar-refractivity contribution is 6.15. The second kappa shape index (κ2) is 7.69. The summed E-state index contributed by atoms with van der Waals surface area (Å²) >= 11 is 0. The average molecular weight is 390 g/mol. The first-order valence-corrected chi connectivity index (χ1v) is 10.4. The van der Waals surface area contributed by atoms with Gasteiger partial charge in [0.05, 0.1) is 31.9 Å². The van der Waals surface area contributed by atoms with Gasteiger partial charge in [0, 0.05) is 55.7 Å². The van der Waals surface area contributed by atoms with Crippen molar-refractivity contribution in [3.63, 3.8) is 0 Å². The molecule has 0 atom stereocenters. The zero-order valence-corrected chi connectivity index (χ0v) is 16.9. The number of fused-ring (bicyclic) bond motifs is 2. The summed E-state index contributed by atoms with van der Waals surface area (Å²) in [5.41, 5.74) is 8.01. The number of hydrogen-bond acceptors (Lipinski definition) is 5. The van der Waals surface area contributed by atoms with Gasteiger partial charge in [-0.05, 0) is 41.8 Å². The Bertz CT molecular complexity index is 979. The Balaban J connectivity index is 1.36. The first-order valence-electron chi connectivity index (χ1n) is 10.4. The molecule has 1 saturated heterocycles. The van der Waals surface area contributed by atoms with E-state index >= 15 is 0 Å². The van der Waals surface area contributed by atoms with E-state index in [1.165, 1.54) is 22.3 Å². The zero-order valence-electron chi connectivity index (χ0n) is 16.9. The number of rotatable bonds is 4. The fourth-order valence-corrected chi connectivity index (χ4v) is 4.45. The van der Waals surface area contributed by atoms with Crippen LogP contribution in [0.25, 0.3) is 0 Å². The van der Waals surface area contributed by atoms with Crippen molar-refractivity contribution in [3.8, 4) is 0 Å². The van der Waals surface area contributed by atoms with Crippen LogP contribution in [-0.4, -0.2) is 65.8 Å². The number of ether oxygens (including phenoxy) is 1. The lowest BCUT2D eigenvalue weighted by molar-refractivity contribution is -0.132. The number of benzene rings is 1. The first-order chi connectivity index (χ1) is 14.2. The van der Waals surface area contributed by atoms with Gasteiger partial charge in [0.1, 0.15) is 0 Å². The maximum atomic E-state index is 12.7. The van der Waals surface area contributed by atoms with Gasteiger partial charge in [-0.1, -0.05) is 6.07 Å². The number of amides is 1. The van der Waals surface area contributed by atoms with Gasteiger partial charge < -0.3 is 9.64 Å². The third-order valence-electron chi connectivity index (χ3n) is 6.10. The Morgan fingerprint density at radius 1 is 1.07 bits per heavy atom. The third-order valence-corrected chi connectivity index (χ3v) is 6.10. The molecule has 0 aliphatic carbocycles. The molecule has 0 N–H and O–H groups in total. The van der Waals surface area contributed by atoms with Crippen LogP contribution in [0.2, 0.25) is 0 Å². The fraction of sp³-hybridized carbons (Fsp3) is 0.435. The van der Waals surface area contributed by atoms with Gasteiger partial charge in [-0.3, -0.25) is 19.7 Å². The van der Waals surface area contributed by atoms with Gasteiger partial charge in [0.15, 0.2) is 0 Å². The Morgan fingerprint density at radius 2 is 1.93 bits per heavy atom. The zero-order chi connectivity index (χ0) is 19.8. The average Bonchev–Trinajstić information content (AvgIpc) is 3.14. The number of carbonyl (C=O) groups is 1. The van der Waals surface area contributed by atoms with Gasteiger partial charge in [-0.2, -0.15) is 0 Å². The lowest BCUT2D eigenvalue weighted by Gasteiger charge is -2.33. The molecule has 0 spiro atoms. The van der Waals surface area contributed by atoms with Gasteiger partial charge in [0.2, 0.25) is 5.91 Å². The Hall–Kier alpha value is -2.57. The van der Waals surface area contributed by atoms with E-state index in [4.69, 9.17) is 9.73 Å². The minimum absolute atomic E-state index is 0.231. The van der Waals surface area contributed by atoms with Crippen LogP contribution >= 0.6 is 0 Å². The summed E-state index contributed by atoms with van der Waals surface area (Å²) in [6, 6.07) is 8.58. The lowest BCUT2D eigenvalue weighted by atomic mass is 9.91. The van der Waals surface area contributed by atoms with Crippen molar-refractivity contribution in [1.29, 1.82) is 0 Å². The van der Waals surface area contributed by atoms with Gasteiger partial charge in [-0.15, -0.1) is 0 Å². The van der Waals surface area contributed by atoms with E-state index in [0.717, 1.165) is 56.4 Å². The maximum Gasteiger partial charge on any atom is 0.227 e. The molecule has 1 amide bonds. The summed E-state index contributed by atoms with van der Waals surface area (Å²) in [5.74, 6) is 0.231. The highest BCUT2D eigenvalue weighted by atomic mass is 16.5. The summed E-state index contributed by atoms with van der Waals surface area (Å²) in [5, 5.41) is 0. The molecular formula is C23H26N4O2. The molecule has 5 rings (SSSR count). The van der Waals surface area contributed by atoms with Crippen LogP contribution < -0.4 is 0 Å². The Labute approximate surface area is 171 Å². The van der Waals surface area contributed by atoms with Crippen molar-refractivity contribution >= 4 is 11.6 Å². The number of pyridine rings is 1. The van der Waals surface area contributed by atoms with Gasteiger partial charge in [-0.25, -0.2) is 0 Å². The normalized spacial score (nSPS) is 19.1. The monoisotopic (exact) mass is 390 g/mol. The molecule has 3 aliphatic rings. The number of carbonyl (C=O) groups excluding carboxylic acids is 1. The van der Waals surface area contributed by atoms with Crippen LogP contribution in [0.15, 0.2) is 35.5 Å². The maximum absolute atomic E-state index is 12.7. The van der Waals surface area contributed by atoms with Crippen LogP contribution in [0.5, 0.6) is 0 Å². The molecule has 150 valence electrons. The Kier molecular flexibility index (Phi) is 4.89. The Morgan fingerprint density at radius 3 is 2.76 bits per heavy atom. The molecule has 4 heterocycles. The second-order valence-corrected chi connectivity index (χ2v) is 8.07. The fourth-order valence-electron chi connectivity index (χ4n) is 4.45. The van der Waals surface area contributed by atoms with Gasteiger partial charge in [0.25, 0.3) is 0 Å². The van der Waals surface area contributed by atoms with Crippen molar-refractivity contribution in [3.05, 3.63) is 64.0 Å². The largest absolute Gasteiger partial charge is 0.379 e. The molecule has 1 aromatic carbocycles. The number of hydrogen-bond donors (Lipinski definition) is 0. The number of morpholine rings is 1. The van der Waals surface area contributed by atoms with Crippen LogP contribution in [0, 0.1) is 6.92 Å². The number of aromatic nitrogens is 1. The molecule has 0 unspecified atom stereocenters. The van der Waals surface area contributed by atoms with E-state index < -0.39 is 0 Å². The quantitative estimate of drug-likeness (QED) is 0.801. The number of aliphatic imine (C=N–C) groups is 1. The summed E-state index contributed by atoms with van der Waals surface area (Å²) < 4.78 is 5.42. The second-order valence-electron chi connectivity index (χ2n) is 8.07. The van der Waals surface area contributed by atoms with Crippen molar-refractivity contribution in [2.75, 3.05) is 39.4 Å². The summed E-state index contributed by atoms with van der Waals surface area (Å²) in [6.07, 6.45) is 2.34. The molecule has 0 saturated carbocycles. The minimum Gasteiger partial charge on any atom is -0.379 e. The summed E-state index contributed by atoms with van der Waals surface area (Å²) in [6.45, 7) is 8.57. The van der Waals surface area contributed by atoms with Gasteiger partial charge >= 0.3 is 0 Å². The van der Waals surface area contributed by atoms with Crippen LogP contribution in [0.1, 0.15) is 33.5 Å². The molecular weight excluding hydrogens is 364 g/mol. The van der Waals surface area contributed by atoms with Crippen LogP contribution in [0.3, 0.4) is 0 Å². The van der Waals surface area contributed by atoms with Crippen LogP contribution in [0.4, 0.5) is 0 Å². The van der Waals surface area contributed by atoms with Crippen LogP contribution in [-0.2, 0) is 29.0 Å². The number of nitrogens with zero attached hydrogens (tertiary/aromatic N) is 4. The molecule has 3 aliphatic heterocycles. The molecule has 1 fully saturated rings. The van der Waals surface area contributed by atoms with E-state index in [9.17, 15) is 4.79 Å².